The van der Waals surface area contributed by atoms with Crippen molar-refractivity contribution in [1.29, 1.82) is 0 Å². The van der Waals surface area contributed by atoms with Gasteiger partial charge >= 0.3 is 0 Å². The molecule has 0 unspecified atom stereocenters. The Labute approximate surface area is 169 Å². The van der Waals surface area contributed by atoms with Crippen molar-refractivity contribution in [3.63, 3.8) is 0 Å². The molecule has 0 bridgehead atoms. The topological polar surface area (TPSA) is 74.2 Å². The first-order valence-corrected chi connectivity index (χ1v) is 10.6. The van der Waals surface area contributed by atoms with Crippen molar-refractivity contribution in [3.8, 4) is 0 Å². The van der Waals surface area contributed by atoms with Crippen LogP contribution in [-0.2, 0) is 14.6 Å². The molecule has 0 amide bonds. The lowest BCUT2D eigenvalue weighted by atomic mass is 10.2. The van der Waals surface area contributed by atoms with Crippen LogP contribution < -0.4 is 5.32 Å². The first-order chi connectivity index (χ1) is 11.4. The van der Waals surface area contributed by atoms with Gasteiger partial charge in [-0.25, -0.2) is 8.42 Å². The zero-order valence-corrected chi connectivity index (χ0v) is 18.8. The zero-order chi connectivity index (χ0) is 17.6. The first kappa shape index (κ1) is 22.9. The summed E-state index contributed by atoms with van der Waals surface area (Å²) in [5.41, 5.74) is 0. The van der Waals surface area contributed by atoms with E-state index < -0.39 is 14.6 Å². The van der Waals surface area contributed by atoms with E-state index in [1.807, 2.05) is 6.92 Å². The third kappa shape index (κ3) is 6.51. The number of hydrogen-bond donors (Lipinski definition) is 1. The zero-order valence-electron chi connectivity index (χ0n) is 15.7. The van der Waals surface area contributed by atoms with Crippen LogP contribution in [0.25, 0.3) is 0 Å². The van der Waals surface area contributed by atoms with Crippen molar-refractivity contribution in [2.75, 3.05) is 64.8 Å². The van der Waals surface area contributed by atoms with Gasteiger partial charge in [0.2, 0.25) is 0 Å². The van der Waals surface area contributed by atoms with E-state index in [4.69, 9.17) is 9.73 Å². The van der Waals surface area contributed by atoms with E-state index >= 15 is 0 Å². The number of ether oxygens (including phenoxy) is 1. The molecule has 2 aliphatic heterocycles. The fraction of sp³-hybridized carbons (Fsp3) is 0.938. The summed E-state index contributed by atoms with van der Waals surface area (Å²) < 4.78 is 29.0. The third-order valence-electron chi connectivity index (χ3n) is 4.68. The highest BCUT2D eigenvalue weighted by atomic mass is 127. The average molecular weight is 488 g/mol. The molecule has 7 nitrogen and oxygen atoms in total. The van der Waals surface area contributed by atoms with E-state index in [-0.39, 0.29) is 29.7 Å². The summed E-state index contributed by atoms with van der Waals surface area (Å²) in [5.74, 6) is 1.03. The minimum Gasteiger partial charge on any atom is -0.379 e. The number of halogens is 1. The largest absolute Gasteiger partial charge is 0.379 e. The molecular weight excluding hydrogens is 455 g/mol. The Morgan fingerprint density at radius 3 is 2.52 bits per heavy atom. The summed E-state index contributed by atoms with van der Waals surface area (Å²) >= 11 is 0. The second-order valence-corrected chi connectivity index (χ2v) is 9.79. The molecule has 0 aromatic heterocycles. The highest BCUT2D eigenvalue weighted by molar-refractivity contribution is 14.0. The van der Waals surface area contributed by atoms with Gasteiger partial charge in [0.05, 0.1) is 23.7 Å². The Bertz CT molecular complexity index is 533. The molecule has 2 fully saturated rings. The summed E-state index contributed by atoms with van der Waals surface area (Å²) in [6.45, 7) is 12.9. The quantitative estimate of drug-likeness (QED) is 0.267. The van der Waals surface area contributed by atoms with E-state index in [1.54, 1.807) is 13.8 Å². The smallest absolute Gasteiger partial charge is 0.193 e. The molecule has 148 valence electrons. The highest BCUT2D eigenvalue weighted by Crippen LogP contribution is 2.23. The number of rotatable bonds is 5. The van der Waals surface area contributed by atoms with Crippen LogP contribution in [0.2, 0.25) is 0 Å². The molecule has 0 saturated carbocycles. The highest BCUT2D eigenvalue weighted by Gasteiger charge is 2.40. The van der Waals surface area contributed by atoms with Gasteiger partial charge in [-0.05, 0) is 27.2 Å². The summed E-state index contributed by atoms with van der Waals surface area (Å²) in [7, 11) is -3.03. The Morgan fingerprint density at radius 1 is 1.24 bits per heavy atom. The molecular formula is C16H33IN4O3S. The summed E-state index contributed by atoms with van der Waals surface area (Å²) in [6.07, 6.45) is 1.00. The number of nitrogens with one attached hydrogen (secondary N) is 1. The minimum atomic E-state index is -3.03. The van der Waals surface area contributed by atoms with Crippen LogP contribution in [0.15, 0.2) is 4.99 Å². The maximum Gasteiger partial charge on any atom is 0.193 e. The van der Waals surface area contributed by atoms with Gasteiger partial charge in [0.1, 0.15) is 0 Å². The van der Waals surface area contributed by atoms with Crippen molar-refractivity contribution >= 4 is 39.8 Å². The van der Waals surface area contributed by atoms with Gasteiger partial charge in [0, 0.05) is 45.8 Å². The number of sulfone groups is 1. The molecule has 0 aliphatic carbocycles. The van der Waals surface area contributed by atoms with E-state index in [1.165, 1.54) is 0 Å². The molecule has 1 N–H and O–H groups in total. The lowest BCUT2D eigenvalue weighted by molar-refractivity contribution is 0.0377. The van der Waals surface area contributed by atoms with Crippen molar-refractivity contribution in [3.05, 3.63) is 0 Å². The Hall–Kier alpha value is -0.130. The van der Waals surface area contributed by atoms with Gasteiger partial charge in [0.15, 0.2) is 15.8 Å². The van der Waals surface area contributed by atoms with Gasteiger partial charge in [-0.2, -0.15) is 0 Å². The Morgan fingerprint density at radius 2 is 1.92 bits per heavy atom. The Kier molecular flexibility index (Phi) is 9.41. The number of aliphatic imine (C=N–C) groups is 1. The maximum absolute atomic E-state index is 12.2. The van der Waals surface area contributed by atoms with Crippen LogP contribution in [0, 0.1) is 0 Å². The summed E-state index contributed by atoms with van der Waals surface area (Å²) in [4.78, 5) is 9.20. The number of morpholine rings is 1. The average Bonchev–Trinajstić information content (AvgIpc) is 2.54. The second-order valence-electron chi connectivity index (χ2n) is 7.04. The second kappa shape index (κ2) is 10.3. The Balaban J connectivity index is 0.00000312. The molecule has 2 saturated heterocycles. The van der Waals surface area contributed by atoms with Gasteiger partial charge < -0.3 is 15.0 Å². The van der Waals surface area contributed by atoms with E-state index in [2.05, 4.69) is 15.1 Å². The van der Waals surface area contributed by atoms with Gasteiger partial charge in [-0.1, -0.05) is 0 Å². The van der Waals surface area contributed by atoms with Crippen LogP contribution in [0.1, 0.15) is 27.2 Å². The molecule has 0 atom stereocenters. The fourth-order valence-electron chi connectivity index (χ4n) is 3.05. The standard InChI is InChI=1S/C16H32N4O3S.HI/c1-4-17-15(18-6-5-7-19-8-11-23-12-9-19)20-10-13-24(21,22)16(2,3)14-20;/h4-14H2,1-3H3,(H,17,18);1H. The summed E-state index contributed by atoms with van der Waals surface area (Å²) in [6, 6.07) is 0. The van der Waals surface area contributed by atoms with E-state index in [9.17, 15) is 8.42 Å². The van der Waals surface area contributed by atoms with E-state index in [0.717, 1.165) is 58.3 Å². The maximum atomic E-state index is 12.2. The minimum absolute atomic E-state index is 0. The molecule has 2 aliphatic rings. The lowest BCUT2D eigenvalue weighted by Gasteiger charge is -2.39. The SMILES string of the molecule is CCNC(=NCCCN1CCOCC1)N1CCS(=O)(=O)C(C)(C)C1.I. The van der Waals surface area contributed by atoms with Crippen molar-refractivity contribution in [2.24, 2.45) is 4.99 Å². The van der Waals surface area contributed by atoms with Crippen LogP contribution in [-0.4, -0.2) is 93.7 Å². The van der Waals surface area contributed by atoms with Gasteiger partial charge in [0.25, 0.3) is 0 Å². The molecule has 0 spiro atoms. The van der Waals surface area contributed by atoms with Crippen molar-refractivity contribution in [1.82, 2.24) is 15.1 Å². The third-order valence-corrected chi connectivity index (χ3v) is 7.21. The first-order valence-electron chi connectivity index (χ1n) is 8.91. The van der Waals surface area contributed by atoms with E-state index in [0.29, 0.717) is 13.1 Å². The number of nitrogens with zero attached hydrogens (tertiary/aromatic N) is 3. The molecule has 9 heteroatoms. The van der Waals surface area contributed by atoms with Gasteiger partial charge in [-0.15, -0.1) is 24.0 Å². The van der Waals surface area contributed by atoms with Crippen LogP contribution in [0.3, 0.4) is 0 Å². The summed E-state index contributed by atoms with van der Waals surface area (Å²) in [5, 5.41) is 3.30. The van der Waals surface area contributed by atoms with Crippen molar-refractivity contribution < 1.29 is 13.2 Å². The predicted octanol–water partition coefficient (Wildman–Crippen LogP) is 0.801. The molecule has 25 heavy (non-hydrogen) atoms. The molecule has 0 aromatic carbocycles. The molecule has 2 heterocycles. The van der Waals surface area contributed by atoms with Crippen LogP contribution >= 0.6 is 24.0 Å². The van der Waals surface area contributed by atoms with Gasteiger partial charge in [-0.3, -0.25) is 9.89 Å². The fourth-order valence-corrected chi connectivity index (χ4v) is 4.42. The predicted molar refractivity (Wildman–Crippen MR) is 113 cm³/mol. The van der Waals surface area contributed by atoms with Crippen LogP contribution in [0.4, 0.5) is 0 Å². The number of hydrogen-bond acceptors (Lipinski definition) is 5. The molecule has 0 radical (unpaired) electrons. The van der Waals surface area contributed by atoms with Crippen LogP contribution in [0.5, 0.6) is 0 Å². The molecule has 2 rings (SSSR count). The monoisotopic (exact) mass is 488 g/mol. The lowest BCUT2D eigenvalue weighted by Crippen LogP contribution is -2.57. The van der Waals surface area contributed by atoms with Crippen molar-refractivity contribution in [2.45, 2.75) is 31.9 Å². The normalized spacial score (nSPS) is 23.8. The molecule has 0 aromatic rings. The number of guanidine groups is 1.